The highest BCUT2D eigenvalue weighted by Crippen LogP contribution is 2.46. The number of anilines is 2. The van der Waals surface area contributed by atoms with Crippen LogP contribution in [-0.2, 0) is 0 Å². The first-order chi connectivity index (χ1) is 28.1. The highest BCUT2D eigenvalue weighted by molar-refractivity contribution is 6.18. The van der Waals surface area contributed by atoms with E-state index >= 15 is 0 Å². The molecule has 278 valence electrons. The van der Waals surface area contributed by atoms with Gasteiger partial charge in [0.25, 0.3) is 0 Å². The SMILES string of the molecule is C=C/C=C\C1=C(C)c2ccc(-c3cccc(N(C(/C=C\CC)=C/CC)c4ccc(C5=CC(c6ccccn6)=NC(c6ccccn6)=CC5)cc4)c3)c3cccc1c23. The molecule has 1 aliphatic heterocycles. The highest BCUT2D eigenvalue weighted by Gasteiger charge is 2.22. The second-order valence-electron chi connectivity index (χ2n) is 14.2. The maximum Gasteiger partial charge on any atom is 0.0897 e. The molecule has 0 fully saturated rings. The summed E-state index contributed by atoms with van der Waals surface area (Å²) in [6.45, 7) is 10.5. The minimum Gasteiger partial charge on any atom is -0.311 e. The quantitative estimate of drug-likeness (QED) is 0.117. The first kappa shape index (κ1) is 37.0. The molecule has 4 nitrogen and oxygen atoms in total. The van der Waals surface area contributed by atoms with Gasteiger partial charge >= 0.3 is 0 Å². The number of hydrogen-bond donors (Lipinski definition) is 0. The molecule has 1 aliphatic carbocycles. The van der Waals surface area contributed by atoms with Gasteiger partial charge in [-0.3, -0.25) is 9.97 Å². The van der Waals surface area contributed by atoms with Crippen LogP contribution in [-0.4, -0.2) is 15.7 Å². The van der Waals surface area contributed by atoms with Gasteiger partial charge in [-0.05, 0) is 142 Å². The number of allylic oxidation sites excluding steroid dienone is 11. The van der Waals surface area contributed by atoms with E-state index in [0.717, 1.165) is 58.3 Å². The Morgan fingerprint density at radius 2 is 1.51 bits per heavy atom. The van der Waals surface area contributed by atoms with Crippen molar-refractivity contribution in [2.24, 2.45) is 4.99 Å². The van der Waals surface area contributed by atoms with Gasteiger partial charge in [-0.25, -0.2) is 4.99 Å². The van der Waals surface area contributed by atoms with Crippen molar-refractivity contribution in [3.63, 3.8) is 0 Å². The maximum absolute atomic E-state index is 5.08. The summed E-state index contributed by atoms with van der Waals surface area (Å²) in [4.78, 5) is 16.7. The predicted molar refractivity (Wildman–Crippen MR) is 243 cm³/mol. The molecule has 57 heavy (non-hydrogen) atoms. The zero-order valence-corrected chi connectivity index (χ0v) is 32.9. The number of pyridine rings is 2. The fourth-order valence-corrected chi connectivity index (χ4v) is 7.85. The molecule has 3 heterocycles. The monoisotopic (exact) mass is 738 g/mol. The van der Waals surface area contributed by atoms with E-state index < -0.39 is 0 Å². The Bertz CT molecular complexity index is 2670. The van der Waals surface area contributed by atoms with E-state index in [4.69, 9.17) is 4.99 Å². The fourth-order valence-electron chi connectivity index (χ4n) is 7.85. The van der Waals surface area contributed by atoms with E-state index in [2.05, 4.69) is 158 Å². The van der Waals surface area contributed by atoms with Crippen molar-refractivity contribution in [2.75, 3.05) is 4.90 Å². The topological polar surface area (TPSA) is 41.4 Å². The number of nitrogens with zero attached hydrogens (tertiary/aromatic N) is 4. The first-order valence-electron chi connectivity index (χ1n) is 19.8. The Morgan fingerprint density at radius 3 is 2.25 bits per heavy atom. The summed E-state index contributed by atoms with van der Waals surface area (Å²) in [6.07, 6.45) is 23.4. The van der Waals surface area contributed by atoms with E-state index in [1.54, 1.807) is 0 Å². The molecule has 0 atom stereocenters. The smallest absolute Gasteiger partial charge is 0.0897 e. The average Bonchev–Trinajstić information content (AvgIpc) is 3.38. The van der Waals surface area contributed by atoms with Crippen molar-refractivity contribution in [3.8, 4) is 11.1 Å². The summed E-state index contributed by atoms with van der Waals surface area (Å²) in [6, 6.07) is 41.1. The van der Waals surface area contributed by atoms with Crippen LogP contribution in [0.2, 0.25) is 0 Å². The van der Waals surface area contributed by atoms with Crippen LogP contribution in [0.1, 0.15) is 68.1 Å². The average molecular weight is 739 g/mol. The van der Waals surface area contributed by atoms with Crippen molar-refractivity contribution in [1.29, 1.82) is 0 Å². The standard InChI is InChI=1S/C53H46N4/c1-5-8-18-41(16-7-3)57(43-19-14-17-40(35-43)46-31-30-45-37(4)44(20-9-6-2)47-21-15-22-48(46)53(45)47)42-28-25-38(26-29-42)39-27-32-51(49-23-10-12-33-54-49)56-52(36-39)50-24-11-13-34-55-50/h6,8-26,28-36H,2,5,7,27H2,1,3-4H3/b18-8-,20-9-,41-16+. The van der Waals surface area contributed by atoms with Crippen LogP contribution in [0.4, 0.5) is 11.4 Å². The summed E-state index contributed by atoms with van der Waals surface area (Å²) in [5.41, 5.74) is 16.5. The normalized spacial score (nSPS) is 14.2. The number of benzene rings is 4. The van der Waals surface area contributed by atoms with Crippen molar-refractivity contribution < 1.29 is 0 Å². The van der Waals surface area contributed by atoms with Gasteiger partial charge in [-0.1, -0.05) is 124 Å². The summed E-state index contributed by atoms with van der Waals surface area (Å²) < 4.78 is 0. The van der Waals surface area contributed by atoms with Crippen LogP contribution in [0.3, 0.4) is 0 Å². The molecule has 0 saturated heterocycles. The number of aromatic nitrogens is 2. The van der Waals surface area contributed by atoms with Gasteiger partial charge in [-0.2, -0.15) is 0 Å². The Kier molecular flexibility index (Phi) is 10.9. The summed E-state index contributed by atoms with van der Waals surface area (Å²) in [5, 5.41) is 2.58. The minimum atomic E-state index is 0.715. The summed E-state index contributed by atoms with van der Waals surface area (Å²) >= 11 is 0. The molecule has 0 amide bonds. The molecular formula is C53H46N4. The molecule has 0 spiro atoms. The second-order valence-corrected chi connectivity index (χ2v) is 14.2. The maximum atomic E-state index is 5.08. The molecule has 0 bridgehead atoms. The fraction of sp³-hybridized carbons (Fsp3) is 0.113. The van der Waals surface area contributed by atoms with Crippen LogP contribution >= 0.6 is 0 Å². The third-order valence-electron chi connectivity index (χ3n) is 10.6. The van der Waals surface area contributed by atoms with E-state index in [0.29, 0.717) is 6.42 Å². The van der Waals surface area contributed by atoms with Crippen LogP contribution in [0.5, 0.6) is 0 Å². The van der Waals surface area contributed by atoms with E-state index in [1.165, 1.54) is 49.7 Å². The lowest BCUT2D eigenvalue weighted by Gasteiger charge is -2.27. The Balaban J connectivity index is 1.19. The van der Waals surface area contributed by atoms with E-state index in [1.807, 2.05) is 60.9 Å². The van der Waals surface area contributed by atoms with Crippen molar-refractivity contribution in [3.05, 3.63) is 217 Å². The molecule has 8 rings (SSSR count). The van der Waals surface area contributed by atoms with Crippen LogP contribution in [0.25, 0.3) is 44.3 Å². The first-order valence-corrected chi connectivity index (χ1v) is 19.8. The minimum absolute atomic E-state index is 0.715. The molecule has 0 N–H and O–H groups in total. The molecule has 0 radical (unpaired) electrons. The second kappa shape index (κ2) is 16.8. The van der Waals surface area contributed by atoms with Crippen molar-refractivity contribution in [1.82, 2.24) is 9.97 Å². The number of rotatable bonds is 12. The highest BCUT2D eigenvalue weighted by atomic mass is 15.1. The molecule has 0 saturated carbocycles. The van der Waals surface area contributed by atoms with Gasteiger partial charge in [0, 0.05) is 29.5 Å². The molecule has 2 aliphatic rings. The lowest BCUT2D eigenvalue weighted by Crippen LogP contribution is -2.15. The zero-order valence-electron chi connectivity index (χ0n) is 32.9. The molecule has 4 aromatic carbocycles. The van der Waals surface area contributed by atoms with E-state index in [9.17, 15) is 0 Å². The van der Waals surface area contributed by atoms with E-state index in [-0.39, 0.29) is 0 Å². The van der Waals surface area contributed by atoms with Crippen LogP contribution in [0, 0.1) is 0 Å². The van der Waals surface area contributed by atoms with Gasteiger partial charge in [0.2, 0.25) is 0 Å². The van der Waals surface area contributed by atoms with Gasteiger partial charge in [0.05, 0.1) is 22.8 Å². The lowest BCUT2D eigenvalue weighted by atomic mass is 9.93. The lowest BCUT2D eigenvalue weighted by molar-refractivity contribution is 1.12. The van der Waals surface area contributed by atoms with Crippen molar-refractivity contribution in [2.45, 2.75) is 40.0 Å². The van der Waals surface area contributed by atoms with Crippen molar-refractivity contribution >= 4 is 50.3 Å². The molecule has 2 aromatic heterocycles. The number of aliphatic imine (C=N–C) groups is 1. The largest absolute Gasteiger partial charge is 0.311 e. The molecule has 4 heteroatoms. The van der Waals surface area contributed by atoms with Gasteiger partial charge < -0.3 is 4.90 Å². The zero-order chi connectivity index (χ0) is 39.1. The third-order valence-corrected chi connectivity index (χ3v) is 10.6. The molecule has 6 aromatic rings. The predicted octanol–water partition coefficient (Wildman–Crippen LogP) is 14.0. The number of hydrogen-bond acceptors (Lipinski definition) is 4. The molecular weight excluding hydrogens is 693 g/mol. The molecule has 0 unspecified atom stereocenters. The summed E-state index contributed by atoms with van der Waals surface area (Å²) in [7, 11) is 0. The Labute approximate surface area is 336 Å². The summed E-state index contributed by atoms with van der Waals surface area (Å²) in [5.74, 6) is 0. The van der Waals surface area contributed by atoms with Crippen LogP contribution in [0.15, 0.2) is 194 Å². The van der Waals surface area contributed by atoms with Gasteiger partial charge in [0.1, 0.15) is 0 Å². The Hall–Kier alpha value is -6.91. The Morgan fingerprint density at radius 1 is 0.737 bits per heavy atom. The van der Waals surface area contributed by atoms with Crippen LogP contribution < -0.4 is 4.90 Å². The van der Waals surface area contributed by atoms with Gasteiger partial charge in [0.15, 0.2) is 0 Å². The third kappa shape index (κ3) is 7.55. The van der Waals surface area contributed by atoms with Gasteiger partial charge in [-0.15, -0.1) is 0 Å².